The first kappa shape index (κ1) is 24.7. The van der Waals surface area contributed by atoms with Crippen molar-refractivity contribution in [3.63, 3.8) is 0 Å². The van der Waals surface area contributed by atoms with Gasteiger partial charge in [0, 0.05) is 18.8 Å². The molecule has 1 saturated heterocycles. The van der Waals surface area contributed by atoms with Crippen LogP contribution in [-0.2, 0) is 19.6 Å². The van der Waals surface area contributed by atoms with Crippen molar-refractivity contribution in [1.82, 2.24) is 4.31 Å². The largest absolute Gasteiger partial charge is 0.449 e. The Morgan fingerprint density at radius 1 is 1.18 bits per heavy atom. The third-order valence-corrected chi connectivity index (χ3v) is 7.71. The molecule has 1 atom stereocenters. The number of nitriles is 1. The highest BCUT2D eigenvalue weighted by Crippen LogP contribution is 2.24. The molecule has 1 aliphatic rings. The van der Waals surface area contributed by atoms with Gasteiger partial charge in [-0.2, -0.15) is 9.57 Å². The number of carbonyl (C=O) groups excluding carboxylic acids is 2. The average Bonchev–Trinajstić information content (AvgIpc) is 2.79. The van der Waals surface area contributed by atoms with Crippen LogP contribution in [0.1, 0.15) is 42.6 Å². The maximum atomic E-state index is 12.8. The minimum Gasteiger partial charge on any atom is -0.449 e. The first-order chi connectivity index (χ1) is 15.6. The fourth-order valence-corrected chi connectivity index (χ4v) is 5.04. The van der Waals surface area contributed by atoms with E-state index < -0.39 is 28.0 Å². The zero-order valence-corrected chi connectivity index (χ0v) is 19.8. The van der Waals surface area contributed by atoms with Crippen LogP contribution in [0.3, 0.4) is 0 Å². The molecule has 8 nitrogen and oxygen atoms in total. The quantitative estimate of drug-likeness (QED) is 0.616. The third-order valence-electron chi connectivity index (χ3n) is 5.48. The van der Waals surface area contributed by atoms with Crippen LogP contribution in [0.4, 0.5) is 5.69 Å². The molecule has 1 amide bonds. The number of anilines is 1. The summed E-state index contributed by atoms with van der Waals surface area (Å²) < 4.78 is 32.3. The van der Waals surface area contributed by atoms with E-state index in [0.717, 1.165) is 12.8 Å². The van der Waals surface area contributed by atoms with E-state index in [1.807, 2.05) is 6.07 Å². The summed E-state index contributed by atoms with van der Waals surface area (Å²) in [6.07, 6.45) is 0.516. The number of halogens is 1. The van der Waals surface area contributed by atoms with Crippen LogP contribution in [0.15, 0.2) is 47.4 Å². The average molecular weight is 490 g/mol. The molecule has 3 rings (SSSR count). The number of piperidine rings is 1. The molecule has 33 heavy (non-hydrogen) atoms. The standard InChI is InChI=1S/C23H24ClN3O5S/c1-15-9-11-27(12-10-15)33(30,31)20-7-4-17(5-8-20)23(29)32-16(2)22(28)26-19-6-3-18(14-25)21(24)13-19/h3-8,13,15-16H,9-12H2,1-2H3,(H,26,28). The van der Waals surface area contributed by atoms with Gasteiger partial charge in [-0.1, -0.05) is 18.5 Å². The van der Waals surface area contributed by atoms with Gasteiger partial charge in [0.15, 0.2) is 6.10 Å². The lowest BCUT2D eigenvalue weighted by Crippen LogP contribution is -2.37. The smallest absolute Gasteiger partial charge is 0.338 e. The molecule has 1 unspecified atom stereocenters. The second-order valence-electron chi connectivity index (χ2n) is 7.95. The van der Waals surface area contributed by atoms with E-state index in [2.05, 4.69) is 12.2 Å². The second kappa shape index (κ2) is 10.3. The number of rotatable bonds is 6. The van der Waals surface area contributed by atoms with Crippen LogP contribution < -0.4 is 5.32 Å². The molecule has 0 aliphatic carbocycles. The number of hydrogen-bond acceptors (Lipinski definition) is 6. The Morgan fingerprint density at radius 2 is 1.82 bits per heavy atom. The number of ether oxygens (including phenoxy) is 1. The van der Waals surface area contributed by atoms with Crippen molar-refractivity contribution in [1.29, 1.82) is 5.26 Å². The summed E-state index contributed by atoms with van der Waals surface area (Å²) in [6.45, 7) is 4.47. The maximum Gasteiger partial charge on any atom is 0.338 e. The van der Waals surface area contributed by atoms with E-state index in [4.69, 9.17) is 21.6 Å². The van der Waals surface area contributed by atoms with Gasteiger partial charge in [-0.05, 0) is 68.1 Å². The Balaban J connectivity index is 1.61. The molecule has 0 aromatic heterocycles. The lowest BCUT2D eigenvalue weighted by molar-refractivity contribution is -0.123. The van der Waals surface area contributed by atoms with Crippen LogP contribution in [0, 0.1) is 17.2 Å². The Kier molecular flexibility index (Phi) is 7.74. The minimum atomic E-state index is -3.62. The molecular formula is C23H24ClN3O5S. The van der Waals surface area contributed by atoms with E-state index in [9.17, 15) is 18.0 Å². The summed E-state index contributed by atoms with van der Waals surface area (Å²) >= 11 is 5.95. The number of nitrogens with one attached hydrogen (secondary N) is 1. The van der Waals surface area contributed by atoms with Crippen LogP contribution >= 0.6 is 11.6 Å². The SMILES string of the molecule is CC1CCN(S(=O)(=O)c2ccc(C(=O)OC(C)C(=O)Nc3ccc(C#N)c(Cl)c3)cc2)CC1. The number of esters is 1. The Labute approximate surface area is 198 Å². The van der Waals surface area contributed by atoms with E-state index in [0.29, 0.717) is 24.7 Å². The minimum absolute atomic E-state index is 0.108. The van der Waals surface area contributed by atoms with E-state index >= 15 is 0 Å². The van der Waals surface area contributed by atoms with Crippen molar-refractivity contribution in [2.24, 2.45) is 5.92 Å². The van der Waals surface area contributed by atoms with E-state index in [-0.39, 0.29) is 21.0 Å². The summed E-state index contributed by atoms with van der Waals surface area (Å²) in [7, 11) is -3.62. The summed E-state index contributed by atoms with van der Waals surface area (Å²) in [6, 6.07) is 11.8. The van der Waals surface area contributed by atoms with Gasteiger partial charge >= 0.3 is 5.97 Å². The van der Waals surface area contributed by atoms with Gasteiger partial charge in [-0.3, -0.25) is 4.79 Å². The molecule has 174 valence electrons. The Bertz CT molecular complexity index is 1180. The summed E-state index contributed by atoms with van der Waals surface area (Å²) in [5.41, 5.74) is 0.755. The molecule has 1 aliphatic heterocycles. The van der Waals surface area contributed by atoms with Gasteiger partial charge in [0.05, 0.1) is 21.0 Å². The summed E-state index contributed by atoms with van der Waals surface area (Å²) in [5.74, 6) is -0.837. The highest BCUT2D eigenvalue weighted by atomic mass is 35.5. The molecule has 2 aromatic carbocycles. The third kappa shape index (κ3) is 5.90. The number of nitrogens with zero attached hydrogens (tertiary/aromatic N) is 2. The summed E-state index contributed by atoms with van der Waals surface area (Å²) in [4.78, 5) is 24.9. The maximum absolute atomic E-state index is 12.8. The number of sulfonamides is 1. The normalized spacial score (nSPS) is 15.9. The lowest BCUT2D eigenvalue weighted by atomic mass is 10.0. The lowest BCUT2D eigenvalue weighted by Gasteiger charge is -2.29. The molecule has 1 heterocycles. The topological polar surface area (TPSA) is 117 Å². The number of carbonyl (C=O) groups is 2. The summed E-state index contributed by atoms with van der Waals surface area (Å²) in [5, 5.41) is 11.7. The van der Waals surface area contributed by atoms with Crippen molar-refractivity contribution in [3.8, 4) is 6.07 Å². The number of hydrogen-bond donors (Lipinski definition) is 1. The Morgan fingerprint density at radius 3 is 2.39 bits per heavy atom. The van der Waals surface area contributed by atoms with Gasteiger partial charge < -0.3 is 10.1 Å². The predicted octanol–water partition coefficient (Wildman–Crippen LogP) is 3.82. The van der Waals surface area contributed by atoms with Crippen molar-refractivity contribution in [3.05, 3.63) is 58.6 Å². The Hall–Kier alpha value is -2.93. The van der Waals surface area contributed by atoms with Gasteiger partial charge in [-0.25, -0.2) is 13.2 Å². The second-order valence-corrected chi connectivity index (χ2v) is 10.3. The molecule has 0 radical (unpaired) electrons. The zero-order chi connectivity index (χ0) is 24.2. The van der Waals surface area contributed by atoms with Crippen molar-refractivity contribution in [2.75, 3.05) is 18.4 Å². The highest BCUT2D eigenvalue weighted by molar-refractivity contribution is 7.89. The molecule has 0 bridgehead atoms. The zero-order valence-electron chi connectivity index (χ0n) is 18.2. The fourth-order valence-electron chi connectivity index (χ4n) is 3.35. The van der Waals surface area contributed by atoms with Gasteiger partial charge in [0.1, 0.15) is 6.07 Å². The van der Waals surface area contributed by atoms with Crippen molar-refractivity contribution in [2.45, 2.75) is 37.7 Å². The molecule has 0 spiro atoms. The molecule has 0 saturated carbocycles. The van der Waals surface area contributed by atoms with Gasteiger partial charge in [-0.15, -0.1) is 0 Å². The first-order valence-electron chi connectivity index (χ1n) is 10.4. The highest BCUT2D eigenvalue weighted by Gasteiger charge is 2.28. The predicted molar refractivity (Wildman–Crippen MR) is 123 cm³/mol. The van der Waals surface area contributed by atoms with Crippen molar-refractivity contribution < 1.29 is 22.7 Å². The molecule has 2 aromatic rings. The van der Waals surface area contributed by atoms with E-state index in [1.54, 1.807) is 0 Å². The monoisotopic (exact) mass is 489 g/mol. The number of benzene rings is 2. The van der Waals surface area contributed by atoms with E-state index in [1.165, 1.54) is 53.7 Å². The van der Waals surface area contributed by atoms with Crippen LogP contribution in [0.2, 0.25) is 5.02 Å². The van der Waals surface area contributed by atoms with Crippen molar-refractivity contribution >= 4 is 39.2 Å². The molecular weight excluding hydrogens is 466 g/mol. The molecule has 1 N–H and O–H groups in total. The van der Waals surface area contributed by atoms with Crippen LogP contribution in [-0.4, -0.2) is 43.8 Å². The first-order valence-corrected chi connectivity index (χ1v) is 12.3. The van der Waals surface area contributed by atoms with Crippen LogP contribution in [0.5, 0.6) is 0 Å². The number of amides is 1. The van der Waals surface area contributed by atoms with Gasteiger partial charge in [0.2, 0.25) is 10.0 Å². The molecule has 10 heteroatoms. The van der Waals surface area contributed by atoms with Gasteiger partial charge in [0.25, 0.3) is 5.91 Å². The fraction of sp³-hybridized carbons (Fsp3) is 0.348. The van der Waals surface area contributed by atoms with Crippen LogP contribution in [0.25, 0.3) is 0 Å². The molecule has 1 fully saturated rings.